The number of para-hydroxylation sites is 3. The molecule has 274 valence electrons. The van der Waals surface area contributed by atoms with Gasteiger partial charge in [0.1, 0.15) is 11.2 Å². The van der Waals surface area contributed by atoms with Crippen LogP contribution in [0.25, 0.3) is 82.5 Å². The molecule has 1 aliphatic carbocycles. The molecule has 1 aliphatic rings. The second-order valence-corrected chi connectivity index (χ2v) is 16.1. The van der Waals surface area contributed by atoms with Gasteiger partial charge in [-0.15, -0.1) is 0 Å². The van der Waals surface area contributed by atoms with Crippen LogP contribution in [-0.2, 0) is 5.41 Å². The molecule has 0 aliphatic heterocycles. The summed E-state index contributed by atoms with van der Waals surface area (Å²) in [5.74, 6) is 0. The number of anilines is 3. The first kappa shape index (κ1) is 32.8. The second kappa shape index (κ2) is 12.3. The summed E-state index contributed by atoms with van der Waals surface area (Å²) in [5, 5.41) is 7.08. The minimum Gasteiger partial charge on any atom is -0.455 e. The van der Waals surface area contributed by atoms with E-state index in [4.69, 9.17) is 4.42 Å². The number of furan rings is 1. The number of hydrogen-bond donors (Lipinski definition) is 0. The van der Waals surface area contributed by atoms with E-state index in [0.717, 1.165) is 55.5 Å². The fourth-order valence-corrected chi connectivity index (χ4v) is 9.95. The van der Waals surface area contributed by atoms with Crippen molar-refractivity contribution in [3.63, 3.8) is 0 Å². The Bertz CT molecular complexity index is 3380. The smallest absolute Gasteiger partial charge is 0.143 e. The van der Waals surface area contributed by atoms with Crippen LogP contribution in [0.5, 0.6) is 0 Å². The zero-order chi connectivity index (χ0) is 38.5. The Kier molecular flexibility index (Phi) is 6.98. The van der Waals surface area contributed by atoms with Gasteiger partial charge in [0.25, 0.3) is 0 Å². The van der Waals surface area contributed by atoms with Crippen molar-refractivity contribution in [1.29, 1.82) is 0 Å². The van der Waals surface area contributed by atoms with Crippen LogP contribution in [0.2, 0.25) is 0 Å². The van der Waals surface area contributed by atoms with Crippen molar-refractivity contribution in [2.45, 2.75) is 19.3 Å². The average molecular weight is 743 g/mol. The molecule has 58 heavy (non-hydrogen) atoms. The van der Waals surface area contributed by atoms with Gasteiger partial charge in [-0.05, 0) is 99.9 Å². The van der Waals surface area contributed by atoms with E-state index in [1.807, 2.05) is 0 Å². The van der Waals surface area contributed by atoms with Crippen molar-refractivity contribution in [2.24, 2.45) is 0 Å². The van der Waals surface area contributed by atoms with Gasteiger partial charge in [-0.25, -0.2) is 0 Å². The predicted octanol–water partition coefficient (Wildman–Crippen LogP) is 15.3. The van der Waals surface area contributed by atoms with E-state index < -0.39 is 0 Å². The quantitative estimate of drug-likeness (QED) is 0.175. The second-order valence-electron chi connectivity index (χ2n) is 16.1. The highest BCUT2D eigenvalue weighted by atomic mass is 16.3. The number of fused-ring (bicyclic) bond motifs is 11. The van der Waals surface area contributed by atoms with Crippen molar-refractivity contribution in [3.8, 4) is 27.9 Å². The maximum atomic E-state index is 6.56. The normalized spacial score (nSPS) is 13.1. The minimum atomic E-state index is -0.212. The lowest BCUT2D eigenvalue weighted by Crippen LogP contribution is -2.21. The summed E-state index contributed by atoms with van der Waals surface area (Å²) in [6.45, 7) is 4.75. The topological polar surface area (TPSA) is 21.3 Å². The van der Waals surface area contributed by atoms with Gasteiger partial charge < -0.3 is 13.9 Å². The first-order chi connectivity index (χ1) is 28.5. The molecule has 3 nitrogen and oxygen atoms in total. The molecule has 0 saturated carbocycles. The Morgan fingerprint density at radius 2 is 1.10 bits per heavy atom. The lowest BCUT2D eigenvalue weighted by molar-refractivity contribution is 0.661. The summed E-state index contributed by atoms with van der Waals surface area (Å²) in [7, 11) is 0. The van der Waals surface area contributed by atoms with Gasteiger partial charge in [-0.3, -0.25) is 0 Å². The Morgan fingerprint density at radius 3 is 1.90 bits per heavy atom. The summed E-state index contributed by atoms with van der Waals surface area (Å²) in [5.41, 5.74) is 16.1. The molecular formula is C55H38N2O. The molecule has 0 bridgehead atoms. The maximum absolute atomic E-state index is 6.56. The third kappa shape index (κ3) is 4.68. The summed E-state index contributed by atoms with van der Waals surface area (Å²) >= 11 is 0. The van der Waals surface area contributed by atoms with E-state index in [9.17, 15) is 0 Å². The lowest BCUT2D eigenvalue weighted by atomic mass is 9.81. The van der Waals surface area contributed by atoms with Crippen LogP contribution in [0.1, 0.15) is 25.0 Å². The van der Waals surface area contributed by atoms with Crippen molar-refractivity contribution in [3.05, 3.63) is 205 Å². The molecule has 0 amide bonds. The largest absolute Gasteiger partial charge is 0.455 e. The highest BCUT2D eigenvalue weighted by Gasteiger charge is 2.39. The van der Waals surface area contributed by atoms with E-state index in [2.05, 4.69) is 217 Å². The standard InChI is InChI=1S/C55H38N2O/c1-55(2)47-21-9-5-17-41(47)44-20-13-25-51(53(44)55)57(38-30-28-37(29-31-38)56-49-23-11-7-18-42(49)43-19-8-12-24-50(43)56)48-22-10-6-15-39(48)36-27-33-52-46(34-36)45-32-26-35-14-3-4-16-40(35)54(45)58-52/h3-34H,1-2H3. The third-order valence-corrected chi connectivity index (χ3v) is 12.6. The Morgan fingerprint density at radius 1 is 0.466 bits per heavy atom. The summed E-state index contributed by atoms with van der Waals surface area (Å²) in [4.78, 5) is 2.49. The monoisotopic (exact) mass is 742 g/mol. The number of nitrogens with zero attached hydrogens (tertiary/aromatic N) is 2. The summed E-state index contributed by atoms with van der Waals surface area (Å²) < 4.78 is 8.95. The molecule has 2 aromatic heterocycles. The van der Waals surface area contributed by atoms with Gasteiger partial charge in [-0.1, -0.05) is 141 Å². The van der Waals surface area contributed by atoms with Crippen LogP contribution in [0.4, 0.5) is 17.1 Å². The van der Waals surface area contributed by atoms with Gasteiger partial charge in [0.05, 0.1) is 22.4 Å². The SMILES string of the molecule is CC1(C)c2ccccc2-c2cccc(N(c3ccc(-n4c5ccccc5c5ccccc54)cc3)c3ccccc3-c3ccc4oc5c6ccccc6ccc5c4c3)c21. The molecule has 0 N–H and O–H groups in total. The molecule has 0 spiro atoms. The van der Waals surface area contributed by atoms with Crippen molar-refractivity contribution < 1.29 is 4.42 Å². The van der Waals surface area contributed by atoms with Gasteiger partial charge in [-0.2, -0.15) is 0 Å². The van der Waals surface area contributed by atoms with Gasteiger partial charge in [0.2, 0.25) is 0 Å². The van der Waals surface area contributed by atoms with Gasteiger partial charge in [0, 0.05) is 49.3 Å². The zero-order valence-corrected chi connectivity index (χ0v) is 32.3. The number of benzene rings is 9. The number of hydrogen-bond acceptors (Lipinski definition) is 2. The Labute approximate surface area is 336 Å². The fraction of sp³-hybridized carbons (Fsp3) is 0.0545. The number of rotatable bonds is 5. The van der Waals surface area contributed by atoms with Crippen LogP contribution >= 0.6 is 0 Å². The Balaban J connectivity index is 1.08. The van der Waals surface area contributed by atoms with E-state index >= 15 is 0 Å². The fourth-order valence-electron chi connectivity index (χ4n) is 9.95. The molecule has 9 aromatic carbocycles. The molecule has 3 heteroatoms. The molecule has 0 unspecified atom stereocenters. The predicted molar refractivity (Wildman–Crippen MR) is 243 cm³/mol. The van der Waals surface area contributed by atoms with Gasteiger partial charge in [0.15, 0.2) is 0 Å². The van der Waals surface area contributed by atoms with E-state index in [1.165, 1.54) is 55.1 Å². The van der Waals surface area contributed by atoms with Crippen LogP contribution < -0.4 is 4.90 Å². The molecule has 12 rings (SSSR count). The van der Waals surface area contributed by atoms with Crippen LogP contribution in [0.15, 0.2) is 199 Å². The minimum absolute atomic E-state index is 0.212. The van der Waals surface area contributed by atoms with E-state index in [-0.39, 0.29) is 5.41 Å². The molecule has 0 saturated heterocycles. The first-order valence-corrected chi connectivity index (χ1v) is 20.1. The third-order valence-electron chi connectivity index (χ3n) is 12.6. The first-order valence-electron chi connectivity index (χ1n) is 20.1. The van der Waals surface area contributed by atoms with Crippen molar-refractivity contribution in [2.75, 3.05) is 4.90 Å². The average Bonchev–Trinajstić information content (AvgIpc) is 3.90. The molecule has 0 fully saturated rings. The summed E-state index contributed by atoms with van der Waals surface area (Å²) in [6.07, 6.45) is 0. The molecule has 2 heterocycles. The van der Waals surface area contributed by atoms with Crippen molar-refractivity contribution in [1.82, 2.24) is 4.57 Å². The Hall–Kier alpha value is -7.36. The summed E-state index contributed by atoms with van der Waals surface area (Å²) in [6, 6.07) is 70.7. The van der Waals surface area contributed by atoms with Crippen molar-refractivity contribution >= 4 is 71.6 Å². The lowest BCUT2D eigenvalue weighted by Gasteiger charge is -2.33. The van der Waals surface area contributed by atoms with Crippen LogP contribution in [0.3, 0.4) is 0 Å². The molecule has 0 radical (unpaired) electrons. The molecular weight excluding hydrogens is 705 g/mol. The molecule has 0 atom stereocenters. The maximum Gasteiger partial charge on any atom is 0.143 e. The van der Waals surface area contributed by atoms with Crippen LogP contribution in [0, 0.1) is 0 Å². The number of aromatic nitrogens is 1. The molecule has 11 aromatic rings. The van der Waals surface area contributed by atoms with Gasteiger partial charge >= 0.3 is 0 Å². The highest BCUT2D eigenvalue weighted by molar-refractivity contribution is 6.16. The van der Waals surface area contributed by atoms with E-state index in [1.54, 1.807) is 0 Å². The van der Waals surface area contributed by atoms with E-state index in [0.29, 0.717) is 0 Å². The zero-order valence-electron chi connectivity index (χ0n) is 32.3. The highest BCUT2D eigenvalue weighted by Crippen LogP contribution is 2.55. The van der Waals surface area contributed by atoms with Crippen LogP contribution in [-0.4, -0.2) is 4.57 Å².